The molecule has 1 N–H and O–H groups in total. The summed E-state index contributed by atoms with van der Waals surface area (Å²) in [5.41, 5.74) is 1.89. The van der Waals surface area contributed by atoms with E-state index in [-0.39, 0.29) is 17.8 Å². The van der Waals surface area contributed by atoms with Gasteiger partial charge in [-0.15, -0.1) is 0 Å². The van der Waals surface area contributed by atoms with Gasteiger partial charge in [0.25, 0.3) is 0 Å². The second-order valence-electron chi connectivity index (χ2n) is 5.22. The largest absolute Gasteiger partial charge is 0.466 e. The van der Waals surface area contributed by atoms with Crippen molar-refractivity contribution in [2.24, 2.45) is 5.92 Å². The Bertz CT molecular complexity index is 468. The summed E-state index contributed by atoms with van der Waals surface area (Å²) in [5, 5.41) is 10.5. The maximum atomic E-state index is 10.8. The minimum atomic E-state index is -0.589. The van der Waals surface area contributed by atoms with Gasteiger partial charge in [0.05, 0.1) is 12.2 Å². The fraction of sp³-hybridized carbons (Fsp3) is 0.500. The molecule has 1 fully saturated rings. The van der Waals surface area contributed by atoms with Gasteiger partial charge >= 0.3 is 5.97 Å². The number of esters is 1. The zero-order valence-corrected chi connectivity index (χ0v) is 9.85. The standard InChI is InChI=1S/C14H16O3/c1-9(15)17-8-11-7-14(16)6-10-4-2-3-5-12(10)13(11)14/h2-5,11,13,16H,6-8H2,1H3/t11-,13+,14-/m0/s1. The summed E-state index contributed by atoms with van der Waals surface area (Å²) in [6, 6.07) is 8.17. The van der Waals surface area contributed by atoms with Crippen LogP contribution >= 0.6 is 0 Å². The molecule has 1 saturated carbocycles. The van der Waals surface area contributed by atoms with Crippen LogP contribution in [0.25, 0.3) is 0 Å². The summed E-state index contributed by atoms with van der Waals surface area (Å²) in [6.07, 6.45) is 1.48. The minimum absolute atomic E-state index is 0.151. The summed E-state index contributed by atoms with van der Waals surface area (Å²) in [6.45, 7) is 1.85. The van der Waals surface area contributed by atoms with E-state index in [9.17, 15) is 9.90 Å². The SMILES string of the molecule is CC(=O)OC[C@@H]1C[C@@]2(O)Cc3ccccc3[C@@H]12. The molecule has 1 aromatic carbocycles. The van der Waals surface area contributed by atoms with E-state index in [4.69, 9.17) is 4.74 Å². The first kappa shape index (κ1) is 10.8. The van der Waals surface area contributed by atoms with E-state index in [0.717, 1.165) is 12.8 Å². The number of benzene rings is 1. The van der Waals surface area contributed by atoms with Gasteiger partial charge in [-0.1, -0.05) is 24.3 Å². The zero-order valence-electron chi connectivity index (χ0n) is 9.85. The van der Waals surface area contributed by atoms with Crippen LogP contribution in [0.2, 0.25) is 0 Å². The molecule has 1 aromatic rings. The van der Waals surface area contributed by atoms with Crippen LogP contribution in [0.5, 0.6) is 0 Å². The number of ether oxygens (including phenoxy) is 1. The van der Waals surface area contributed by atoms with Crippen molar-refractivity contribution in [3.05, 3.63) is 35.4 Å². The average Bonchev–Trinajstić information content (AvgIpc) is 2.48. The number of aliphatic hydroxyl groups is 1. The zero-order chi connectivity index (χ0) is 12.0. The first-order valence-corrected chi connectivity index (χ1v) is 6.04. The van der Waals surface area contributed by atoms with Crippen molar-refractivity contribution >= 4 is 5.97 Å². The highest BCUT2D eigenvalue weighted by molar-refractivity contribution is 5.66. The third kappa shape index (κ3) is 1.57. The Balaban J connectivity index is 1.81. The predicted molar refractivity (Wildman–Crippen MR) is 62.6 cm³/mol. The van der Waals surface area contributed by atoms with E-state index in [1.54, 1.807) is 0 Å². The van der Waals surface area contributed by atoms with Gasteiger partial charge < -0.3 is 9.84 Å². The van der Waals surface area contributed by atoms with Crippen molar-refractivity contribution in [3.63, 3.8) is 0 Å². The van der Waals surface area contributed by atoms with Crippen molar-refractivity contribution in [2.75, 3.05) is 6.61 Å². The Kier molecular flexibility index (Phi) is 2.26. The predicted octanol–water partition coefficient (Wildman–Crippen LogP) is 1.64. The lowest BCUT2D eigenvalue weighted by Crippen LogP contribution is -2.51. The van der Waals surface area contributed by atoms with Gasteiger partial charge in [0, 0.05) is 25.2 Å². The molecule has 3 nitrogen and oxygen atoms in total. The van der Waals surface area contributed by atoms with E-state index in [0.29, 0.717) is 6.61 Å². The summed E-state index contributed by atoms with van der Waals surface area (Å²) < 4.78 is 5.06. The Labute approximate surface area is 100 Å². The first-order chi connectivity index (χ1) is 8.10. The minimum Gasteiger partial charge on any atom is -0.466 e. The van der Waals surface area contributed by atoms with E-state index < -0.39 is 5.60 Å². The van der Waals surface area contributed by atoms with Gasteiger partial charge in [-0.2, -0.15) is 0 Å². The van der Waals surface area contributed by atoms with Crippen LogP contribution in [0.15, 0.2) is 24.3 Å². The first-order valence-electron chi connectivity index (χ1n) is 6.04. The second kappa shape index (κ2) is 3.57. The molecule has 0 unspecified atom stereocenters. The number of hydrogen-bond donors (Lipinski definition) is 1. The fourth-order valence-electron chi connectivity index (χ4n) is 3.41. The Morgan fingerprint density at radius 3 is 3.06 bits per heavy atom. The van der Waals surface area contributed by atoms with E-state index >= 15 is 0 Å². The molecule has 0 aliphatic heterocycles. The quantitative estimate of drug-likeness (QED) is 0.788. The third-order valence-electron chi connectivity index (χ3n) is 4.05. The summed E-state index contributed by atoms with van der Waals surface area (Å²) in [7, 11) is 0. The van der Waals surface area contributed by atoms with Crippen LogP contribution in [0.3, 0.4) is 0 Å². The molecule has 3 heteroatoms. The highest BCUT2D eigenvalue weighted by atomic mass is 16.5. The Hall–Kier alpha value is -1.35. The molecule has 2 aliphatic rings. The average molecular weight is 232 g/mol. The molecule has 0 radical (unpaired) electrons. The van der Waals surface area contributed by atoms with Crippen LogP contribution in [0, 0.1) is 5.92 Å². The van der Waals surface area contributed by atoms with E-state index in [1.165, 1.54) is 18.1 Å². The van der Waals surface area contributed by atoms with Crippen molar-refractivity contribution in [1.29, 1.82) is 0 Å². The molecular weight excluding hydrogens is 216 g/mol. The molecule has 0 heterocycles. The van der Waals surface area contributed by atoms with E-state index in [1.807, 2.05) is 12.1 Å². The lowest BCUT2D eigenvalue weighted by molar-refractivity contribution is -0.151. The second-order valence-corrected chi connectivity index (χ2v) is 5.22. The molecule has 0 amide bonds. The number of carbonyl (C=O) groups excluding carboxylic acids is 1. The fourth-order valence-corrected chi connectivity index (χ4v) is 3.41. The van der Waals surface area contributed by atoms with Crippen LogP contribution in [-0.4, -0.2) is 23.3 Å². The smallest absolute Gasteiger partial charge is 0.302 e. The summed E-state index contributed by atoms with van der Waals surface area (Å²) in [4.78, 5) is 10.8. The monoisotopic (exact) mass is 232 g/mol. The number of carbonyl (C=O) groups is 1. The molecule has 3 rings (SSSR count). The Morgan fingerprint density at radius 2 is 2.29 bits per heavy atom. The highest BCUT2D eigenvalue weighted by Crippen LogP contribution is 2.57. The third-order valence-corrected chi connectivity index (χ3v) is 4.05. The molecule has 17 heavy (non-hydrogen) atoms. The van der Waals surface area contributed by atoms with Crippen LogP contribution in [0.4, 0.5) is 0 Å². The van der Waals surface area contributed by atoms with Crippen LogP contribution in [-0.2, 0) is 16.0 Å². The molecule has 0 spiro atoms. The van der Waals surface area contributed by atoms with Gasteiger partial charge in [-0.05, 0) is 17.5 Å². The maximum absolute atomic E-state index is 10.8. The molecule has 0 aromatic heterocycles. The van der Waals surface area contributed by atoms with Crippen molar-refractivity contribution in [1.82, 2.24) is 0 Å². The number of hydrogen-bond acceptors (Lipinski definition) is 3. The molecule has 90 valence electrons. The highest BCUT2D eigenvalue weighted by Gasteiger charge is 2.57. The number of fused-ring (bicyclic) bond motifs is 3. The van der Waals surface area contributed by atoms with Crippen molar-refractivity contribution in [3.8, 4) is 0 Å². The normalized spacial score (nSPS) is 33.5. The van der Waals surface area contributed by atoms with Crippen LogP contribution < -0.4 is 0 Å². The van der Waals surface area contributed by atoms with Crippen molar-refractivity contribution in [2.45, 2.75) is 31.3 Å². The molecule has 0 saturated heterocycles. The topological polar surface area (TPSA) is 46.5 Å². The van der Waals surface area contributed by atoms with Gasteiger partial charge in [-0.3, -0.25) is 4.79 Å². The maximum Gasteiger partial charge on any atom is 0.302 e. The summed E-state index contributed by atoms with van der Waals surface area (Å²) in [5.74, 6) is 0.178. The molecule has 0 bridgehead atoms. The number of rotatable bonds is 2. The van der Waals surface area contributed by atoms with Gasteiger partial charge in [0.15, 0.2) is 0 Å². The molecular formula is C14H16O3. The van der Waals surface area contributed by atoms with Gasteiger partial charge in [0.1, 0.15) is 0 Å². The van der Waals surface area contributed by atoms with Gasteiger partial charge in [0.2, 0.25) is 0 Å². The van der Waals surface area contributed by atoms with E-state index in [2.05, 4.69) is 12.1 Å². The lowest BCUT2D eigenvalue weighted by Gasteiger charge is -2.47. The summed E-state index contributed by atoms with van der Waals surface area (Å²) >= 11 is 0. The lowest BCUT2D eigenvalue weighted by atomic mass is 9.62. The molecule has 3 atom stereocenters. The van der Waals surface area contributed by atoms with Crippen molar-refractivity contribution < 1.29 is 14.6 Å². The van der Waals surface area contributed by atoms with Crippen LogP contribution in [0.1, 0.15) is 30.4 Å². The molecule has 2 aliphatic carbocycles. The van der Waals surface area contributed by atoms with Gasteiger partial charge in [-0.25, -0.2) is 0 Å². The Morgan fingerprint density at radius 1 is 1.53 bits per heavy atom.